The van der Waals surface area contributed by atoms with Crippen molar-refractivity contribution in [2.24, 2.45) is 7.05 Å². The summed E-state index contributed by atoms with van der Waals surface area (Å²) in [7, 11) is 3.51. The maximum atomic E-state index is 12.2. The topological polar surface area (TPSA) is 56.1 Å². The number of aryl methyl sites for hydroxylation is 2. The Bertz CT molecular complexity index is 695. The van der Waals surface area contributed by atoms with Gasteiger partial charge in [0, 0.05) is 34.9 Å². The first kappa shape index (κ1) is 16.5. The fraction of sp³-hybridized carbons (Fsp3) is 0.375. The third-order valence-corrected chi connectivity index (χ3v) is 4.21. The van der Waals surface area contributed by atoms with Gasteiger partial charge >= 0.3 is 0 Å². The molecule has 1 amide bonds. The number of aromatic nitrogens is 2. The minimum atomic E-state index is -0.0266. The quantitative estimate of drug-likeness (QED) is 0.885. The molecular weight excluding hydrogens is 346 g/mol. The minimum Gasteiger partial charge on any atom is -0.496 e. The Balaban J connectivity index is 2.03. The highest BCUT2D eigenvalue weighted by Crippen LogP contribution is 2.22. The Morgan fingerprint density at radius 3 is 2.73 bits per heavy atom. The zero-order valence-electron chi connectivity index (χ0n) is 13.2. The van der Waals surface area contributed by atoms with Crippen LogP contribution in [0.3, 0.4) is 0 Å². The molecule has 1 N–H and O–H groups in total. The maximum absolute atomic E-state index is 12.2. The van der Waals surface area contributed by atoms with Gasteiger partial charge in [0.25, 0.3) is 0 Å². The number of methoxy groups -OCH3 is 1. The normalized spacial score (nSPS) is 10.6. The predicted molar refractivity (Wildman–Crippen MR) is 88.9 cm³/mol. The molecule has 6 heteroatoms. The number of benzene rings is 1. The van der Waals surface area contributed by atoms with Crippen LogP contribution in [0.15, 0.2) is 22.7 Å². The van der Waals surface area contributed by atoms with E-state index in [1.165, 1.54) is 0 Å². The van der Waals surface area contributed by atoms with Gasteiger partial charge in [-0.05, 0) is 32.0 Å². The number of rotatable bonds is 5. The van der Waals surface area contributed by atoms with Gasteiger partial charge in [-0.15, -0.1) is 0 Å². The number of nitrogens with one attached hydrogen (secondary N) is 1. The Kier molecular flexibility index (Phi) is 5.24. The van der Waals surface area contributed by atoms with Gasteiger partial charge in [0.1, 0.15) is 5.75 Å². The van der Waals surface area contributed by atoms with Gasteiger partial charge in [-0.2, -0.15) is 5.10 Å². The molecule has 0 saturated heterocycles. The molecule has 0 radical (unpaired) electrons. The van der Waals surface area contributed by atoms with E-state index >= 15 is 0 Å². The van der Waals surface area contributed by atoms with E-state index in [1.807, 2.05) is 39.1 Å². The van der Waals surface area contributed by atoms with Gasteiger partial charge in [0.2, 0.25) is 5.91 Å². The van der Waals surface area contributed by atoms with Gasteiger partial charge in [-0.1, -0.05) is 15.9 Å². The van der Waals surface area contributed by atoms with Crippen LogP contribution in [0.2, 0.25) is 0 Å². The zero-order chi connectivity index (χ0) is 16.3. The fourth-order valence-electron chi connectivity index (χ4n) is 2.38. The Morgan fingerprint density at radius 1 is 1.41 bits per heavy atom. The molecule has 1 aromatic heterocycles. The molecule has 5 nitrogen and oxygen atoms in total. The largest absolute Gasteiger partial charge is 0.496 e. The molecule has 0 unspecified atom stereocenters. The van der Waals surface area contributed by atoms with Crippen molar-refractivity contribution in [3.63, 3.8) is 0 Å². The van der Waals surface area contributed by atoms with Crippen LogP contribution in [-0.4, -0.2) is 22.8 Å². The van der Waals surface area contributed by atoms with Crippen LogP contribution in [0.25, 0.3) is 0 Å². The Morgan fingerprint density at radius 2 is 2.14 bits per heavy atom. The van der Waals surface area contributed by atoms with Crippen molar-refractivity contribution in [3.05, 3.63) is 45.2 Å². The van der Waals surface area contributed by atoms with E-state index in [2.05, 4.69) is 26.3 Å². The highest BCUT2D eigenvalue weighted by Gasteiger charge is 2.14. The summed E-state index contributed by atoms with van der Waals surface area (Å²) >= 11 is 3.43. The van der Waals surface area contributed by atoms with E-state index in [0.717, 1.165) is 32.7 Å². The van der Waals surface area contributed by atoms with Crippen molar-refractivity contribution < 1.29 is 9.53 Å². The lowest BCUT2D eigenvalue weighted by Crippen LogP contribution is -2.25. The van der Waals surface area contributed by atoms with E-state index in [9.17, 15) is 4.79 Å². The van der Waals surface area contributed by atoms with Crippen molar-refractivity contribution in [2.75, 3.05) is 7.11 Å². The summed E-state index contributed by atoms with van der Waals surface area (Å²) in [5, 5.41) is 7.27. The summed E-state index contributed by atoms with van der Waals surface area (Å²) in [5.74, 6) is 0.735. The van der Waals surface area contributed by atoms with Gasteiger partial charge in [0.15, 0.2) is 0 Å². The van der Waals surface area contributed by atoms with Crippen LogP contribution in [0.5, 0.6) is 5.75 Å². The first-order valence-corrected chi connectivity index (χ1v) is 7.80. The summed E-state index contributed by atoms with van der Waals surface area (Å²) in [6.07, 6.45) is 0.335. The van der Waals surface area contributed by atoms with E-state index in [0.29, 0.717) is 13.0 Å². The van der Waals surface area contributed by atoms with Crippen molar-refractivity contribution in [1.29, 1.82) is 0 Å². The van der Waals surface area contributed by atoms with Crippen molar-refractivity contribution >= 4 is 21.8 Å². The first-order chi connectivity index (χ1) is 10.4. The van der Waals surface area contributed by atoms with Crippen LogP contribution < -0.4 is 10.1 Å². The van der Waals surface area contributed by atoms with Crippen LogP contribution in [0.4, 0.5) is 0 Å². The molecule has 0 saturated carbocycles. The monoisotopic (exact) mass is 365 g/mol. The first-order valence-electron chi connectivity index (χ1n) is 7.00. The van der Waals surface area contributed by atoms with Gasteiger partial charge in [0.05, 0.1) is 19.2 Å². The minimum absolute atomic E-state index is 0.0266. The number of ether oxygens (including phenoxy) is 1. The molecule has 0 fully saturated rings. The highest BCUT2D eigenvalue weighted by molar-refractivity contribution is 9.10. The van der Waals surface area contributed by atoms with Crippen LogP contribution in [0.1, 0.15) is 22.5 Å². The summed E-state index contributed by atoms with van der Waals surface area (Å²) in [6, 6.07) is 5.73. The Labute approximate surface area is 138 Å². The van der Waals surface area contributed by atoms with Crippen molar-refractivity contribution in [1.82, 2.24) is 15.1 Å². The molecule has 118 valence electrons. The summed E-state index contributed by atoms with van der Waals surface area (Å²) in [5.41, 5.74) is 3.84. The number of hydrogen-bond acceptors (Lipinski definition) is 3. The van der Waals surface area contributed by atoms with E-state index in [1.54, 1.807) is 11.8 Å². The third kappa shape index (κ3) is 3.68. The molecular formula is C16H20BrN3O2. The average molecular weight is 366 g/mol. The second-order valence-electron chi connectivity index (χ2n) is 5.18. The molecule has 0 aliphatic heterocycles. The molecule has 0 bridgehead atoms. The van der Waals surface area contributed by atoms with Gasteiger partial charge in [-0.3, -0.25) is 9.48 Å². The highest BCUT2D eigenvalue weighted by atomic mass is 79.9. The second-order valence-corrected chi connectivity index (χ2v) is 6.10. The maximum Gasteiger partial charge on any atom is 0.224 e. The second kappa shape index (κ2) is 6.96. The number of carbonyl (C=O) groups is 1. The molecule has 1 heterocycles. The summed E-state index contributed by atoms with van der Waals surface area (Å²) in [4.78, 5) is 12.2. The summed E-state index contributed by atoms with van der Waals surface area (Å²) < 4.78 is 8.06. The van der Waals surface area contributed by atoms with Crippen molar-refractivity contribution in [3.8, 4) is 5.75 Å². The number of amides is 1. The van der Waals surface area contributed by atoms with Crippen LogP contribution in [0, 0.1) is 13.8 Å². The van der Waals surface area contributed by atoms with Gasteiger partial charge < -0.3 is 10.1 Å². The van der Waals surface area contributed by atoms with E-state index in [-0.39, 0.29) is 5.91 Å². The smallest absolute Gasteiger partial charge is 0.224 e. The molecule has 22 heavy (non-hydrogen) atoms. The molecule has 1 aromatic carbocycles. The number of halogens is 1. The lowest BCUT2D eigenvalue weighted by Gasteiger charge is -2.10. The fourth-order valence-corrected chi connectivity index (χ4v) is 2.78. The molecule has 0 atom stereocenters. The molecule has 0 aliphatic rings. The number of hydrogen-bond donors (Lipinski definition) is 1. The summed E-state index contributed by atoms with van der Waals surface area (Å²) in [6.45, 7) is 4.33. The molecule has 0 spiro atoms. The Hall–Kier alpha value is -1.82. The zero-order valence-corrected chi connectivity index (χ0v) is 14.8. The molecule has 0 aliphatic carbocycles. The number of carbonyl (C=O) groups excluding carboxylic acids is 1. The predicted octanol–water partition coefficient (Wildman–Crippen LogP) is 2.67. The van der Waals surface area contributed by atoms with E-state index < -0.39 is 0 Å². The lowest BCUT2D eigenvalue weighted by atomic mass is 10.1. The average Bonchev–Trinajstić information content (AvgIpc) is 2.72. The number of nitrogens with zero attached hydrogens (tertiary/aromatic N) is 2. The lowest BCUT2D eigenvalue weighted by molar-refractivity contribution is -0.120. The third-order valence-electron chi connectivity index (χ3n) is 3.71. The van der Waals surface area contributed by atoms with E-state index in [4.69, 9.17) is 4.74 Å². The SMILES string of the molecule is COc1ccc(Br)cc1CNC(=O)Cc1c(C)nn(C)c1C. The van der Waals surface area contributed by atoms with Crippen molar-refractivity contribution in [2.45, 2.75) is 26.8 Å². The van der Waals surface area contributed by atoms with Gasteiger partial charge in [-0.25, -0.2) is 0 Å². The van der Waals surface area contributed by atoms with Crippen LogP contribution in [-0.2, 0) is 24.8 Å². The standard InChI is InChI=1S/C16H20BrN3O2/c1-10-14(11(2)20(3)19-10)8-16(21)18-9-12-7-13(17)5-6-15(12)22-4/h5-7H,8-9H2,1-4H3,(H,18,21). The van der Waals surface area contributed by atoms with Crippen LogP contribution >= 0.6 is 15.9 Å². The molecule has 2 aromatic rings. The molecule has 2 rings (SSSR count).